The number of aromatic nitrogens is 1. The summed E-state index contributed by atoms with van der Waals surface area (Å²) in [5.41, 5.74) is 3.63. The smallest absolute Gasteiger partial charge is 0.176 e. The number of hydrogen-bond donors (Lipinski definition) is 0. The van der Waals surface area contributed by atoms with Crippen LogP contribution in [0.2, 0.25) is 0 Å². The number of aryl methyl sites for hydroxylation is 1. The van der Waals surface area contributed by atoms with E-state index in [1.165, 1.54) is 4.88 Å². The Bertz CT molecular complexity index is 582. The van der Waals surface area contributed by atoms with E-state index in [0.717, 1.165) is 22.3 Å². The highest BCUT2D eigenvalue weighted by Crippen LogP contribution is 2.15. The lowest BCUT2D eigenvalue weighted by Crippen LogP contribution is -2.25. The average Bonchev–Trinajstić information content (AvgIpc) is 2.75. The molecule has 1 aromatic carbocycles. The minimum absolute atomic E-state index is 0.131. The zero-order chi connectivity index (χ0) is 13.8. The largest absolute Gasteiger partial charge is 0.294 e. The first-order chi connectivity index (χ1) is 9.06. The molecule has 3 nitrogen and oxygen atoms in total. The van der Waals surface area contributed by atoms with Crippen LogP contribution in [0, 0.1) is 6.92 Å². The lowest BCUT2D eigenvalue weighted by atomic mass is 10.1. The summed E-state index contributed by atoms with van der Waals surface area (Å²) in [5, 5.41) is 0. The molecule has 0 saturated carbocycles. The molecule has 0 amide bonds. The Morgan fingerprint density at radius 3 is 2.89 bits per heavy atom. The fraction of sp³-hybridized carbons (Fsp3) is 0.286. The first-order valence-corrected chi connectivity index (χ1v) is 7.60. The molecule has 0 saturated heterocycles. The van der Waals surface area contributed by atoms with Gasteiger partial charge in [0.1, 0.15) is 0 Å². The third-order valence-electron chi connectivity index (χ3n) is 2.82. The number of hydrogen-bond acceptors (Lipinski definition) is 4. The van der Waals surface area contributed by atoms with Gasteiger partial charge in [-0.25, -0.2) is 4.98 Å². The minimum Gasteiger partial charge on any atom is -0.294 e. The quantitative estimate of drug-likeness (QED) is 0.782. The van der Waals surface area contributed by atoms with Crippen LogP contribution >= 0.6 is 27.3 Å². The SMILES string of the molecule is Cc1ncsc1CN(C)CC(=O)c1cccc(Br)c1. The number of Topliss-reactive ketones (excluding diaryl/α,β-unsaturated/α-hetero) is 1. The number of nitrogens with zero attached hydrogens (tertiary/aromatic N) is 2. The van der Waals surface area contributed by atoms with Gasteiger partial charge in [0.05, 0.1) is 17.7 Å². The van der Waals surface area contributed by atoms with Crippen molar-refractivity contribution in [2.24, 2.45) is 0 Å². The Morgan fingerprint density at radius 1 is 1.47 bits per heavy atom. The summed E-state index contributed by atoms with van der Waals surface area (Å²) in [6, 6.07) is 7.50. The van der Waals surface area contributed by atoms with Crippen molar-refractivity contribution in [3.8, 4) is 0 Å². The van der Waals surface area contributed by atoms with Crippen LogP contribution in [0.5, 0.6) is 0 Å². The Hall–Kier alpha value is -1.04. The Labute approximate surface area is 125 Å². The van der Waals surface area contributed by atoms with Crippen LogP contribution in [-0.4, -0.2) is 29.3 Å². The molecule has 0 aliphatic carbocycles. The van der Waals surface area contributed by atoms with Crippen LogP contribution in [0.1, 0.15) is 20.9 Å². The number of carbonyl (C=O) groups excluding carboxylic acids is 1. The van der Waals surface area contributed by atoms with Gasteiger partial charge >= 0.3 is 0 Å². The number of likely N-dealkylation sites (N-methyl/N-ethyl adjacent to an activating group) is 1. The van der Waals surface area contributed by atoms with E-state index in [2.05, 4.69) is 20.9 Å². The van der Waals surface area contributed by atoms with E-state index in [0.29, 0.717) is 6.54 Å². The Morgan fingerprint density at radius 2 is 2.26 bits per heavy atom. The molecule has 2 rings (SSSR count). The van der Waals surface area contributed by atoms with Crippen LogP contribution in [-0.2, 0) is 6.54 Å². The third kappa shape index (κ3) is 3.96. The van der Waals surface area contributed by atoms with Gasteiger partial charge in [0.2, 0.25) is 0 Å². The number of rotatable bonds is 5. The maximum absolute atomic E-state index is 12.1. The van der Waals surface area contributed by atoms with E-state index in [9.17, 15) is 4.79 Å². The summed E-state index contributed by atoms with van der Waals surface area (Å²) in [7, 11) is 1.95. The van der Waals surface area contributed by atoms with Crippen LogP contribution in [0.25, 0.3) is 0 Å². The predicted octanol–water partition coefficient (Wildman–Crippen LogP) is 3.53. The van der Waals surface area contributed by atoms with E-state index < -0.39 is 0 Å². The van der Waals surface area contributed by atoms with Gasteiger partial charge in [-0.3, -0.25) is 9.69 Å². The van der Waals surface area contributed by atoms with Crippen molar-refractivity contribution in [3.63, 3.8) is 0 Å². The molecule has 0 atom stereocenters. The first kappa shape index (κ1) is 14.4. The highest BCUT2D eigenvalue weighted by molar-refractivity contribution is 9.10. The maximum Gasteiger partial charge on any atom is 0.176 e. The second-order valence-electron chi connectivity index (χ2n) is 4.47. The van der Waals surface area contributed by atoms with Crippen molar-refractivity contribution >= 4 is 33.0 Å². The van der Waals surface area contributed by atoms with Crippen LogP contribution < -0.4 is 0 Å². The lowest BCUT2D eigenvalue weighted by Gasteiger charge is -2.15. The van der Waals surface area contributed by atoms with Crippen molar-refractivity contribution in [1.82, 2.24) is 9.88 Å². The predicted molar refractivity (Wildman–Crippen MR) is 81.7 cm³/mol. The molecule has 0 aliphatic rings. The van der Waals surface area contributed by atoms with E-state index in [1.54, 1.807) is 11.3 Å². The minimum atomic E-state index is 0.131. The van der Waals surface area contributed by atoms with E-state index in [1.807, 2.05) is 48.6 Å². The molecule has 0 aliphatic heterocycles. The summed E-state index contributed by atoms with van der Waals surface area (Å²) < 4.78 is 0.930. The fourth-order valence-corrected chi connectivity index (χ4v) is 3.03. The standard InChI is InChI=1S/C14H15BrN2OS/c1-10-14(19-9-16-10)8-17(2)7-13(18)11-4-3-5-12(15)6-11/h3-6,9H,7-8H2,1-2H3. The number of ketones is 1. The molecule has 2 aromatic rings. The number of halogens is 1. The molecule has 0 N–H and O–H groups in total. The van der Waals surface area contributed by atoms with Gasteiger partial charge < -0.3 is 0 Å². The summed E-state index contributed by atoms with van der Waals surface area (Å²) >= 11 is 5.01. The molecule has 19 heavy (non-hydrogen) atoms. The van der Waals surface area contributed by atoms with Gasteiger partial charge in [-0.05, 0) is 26.1 Å². The van der Waals surface area contributed by atoms with Crippen LogP contribution in [0.4, 0.5) is 0 Å². The van der Waals surface area contributed by atoms with Crippen LogP contribution in [0.3, 0.4) is 0 Å². The van der Waals surface area contributed by atoms with Crippen molar-refractivity contribution in [2.45, 2.75) is 13.5 Å². The van der Waals surface area contributed by atoms with Gasteiger partial charge in [-0.1, -0.05) is 28.1 Å². The highest BCUT2D eigenvalue weighted by atomic mass is 79.9. The first-order valence-electron chi connectivity index (χ1n) is 5.92. The zero-order valence-corrected chi connectivity index (χ0v) is 13.3. The topological polar surface area (TPSA) is 33.2 Å². The fourth-order valence-electron chi connectivity index (χ4n) is 1.78. The Balaban J connectivity index is 1.97. The van der Waals surface area contributed by atoms with Crippen molar-refractivity contribution in [3.05, 3.63) is 50.4 Å². The van der Waals surface area contributed by atoms with Gasteiger partial charge in [0.25, 0.3) is 0 Å². The lowest BCUT2D eigenvalue weighted by molar-refractivity contribution is 0.0943. The molecule has 0 spiro atoms. The van der Waals surface area contributed by atoms with E-state index >= 15 is 0 Å². The molecule has 1 heterocycles. The van der Waals surface area contributed by atoms with Crippen molar-refractivity contribution in [1.29, 1.82) is 0 Å². The van der Waals surface area contributed by atoms with Gasteiger partial charge in [-0.15, -0.1) is 11.3 Å². The molecule has 0 radical (unpaired) electrons. The second-order valence-corrected chi connectivity index (χ2v) is 6.32. The van der Waals surface area contributed by atoms with Crippen LogP contribution in [0.15, 0.2) is 34.2 Å². The van der Waals surface area contributed by atoms with Gasteiger partial charge in [-0.2, -0.15) is 0 Å². The number of benzene rings is 1. The second kappa shape index (κ2) is 6.41. The summed E-state index contributed by atoms with van der Waals surface area (Å²) in [6.45, 7) is 3.17. The number of carbonyl (C=O) groups is 1. The third-order valence-corrected chi connectivity index (χ3v) is 4.23. The molecule has 100 valence electrons. The normalized spacial score (nSPS) is 10.9. The van der Waals surface area contributed by atoms with E-state index in [-0.39, 0.29) is 5.78 Å². The van der Waals surface area contributed by atoms with Crippen molar-refractivity contribution < 1.29 is 4.79 Å². The number of thiazole rings is 1. The Kier molecular flexibility index (Phi) is 4.85. The molecule has 0 fully saturated rings. The van der Waals surface area contributed by atoms with Crippen molar-refractivity contribution in [2.75, 3.05) is 13.6 Å². The molecule has 5 heteroatoms. The molecule has 0 bridgehead atoms. The van der Waals surface area contributed by atoms with Gasteiger partial charge in [0.15, 0.2) is 5.78 Å². The summed E-state index contributed by atoms with van der Waals surface area (Å²) in [4.78, 5) is 19.6. The maximum atomic E-state index is 12.1. The molecular weight excluding hydrogens is 324 g/mol. The van der Waals surface area contributed by atoms with Gasteiger partial charge in [0, 0.05) is 21.5 Å². The molecular formula is C14H15BrN2OS. The zero-order valence-electron chi connectivity index (χ0n) is 10.9. The monoisotopic (exact) mass is 338 g/mol. The highest BCUT2D eigenvalue weighted by Gasteiger charge is 2.11. The summed E-state index contributed by atoms with van der Waals surface area (Å²) in [6.07, 6.45) is 0. The van der Waals surface area contributed by atoms with E-state index in [4.69, 9.17) is 0 Å². The molecule has 0 unspecified atom stereocenters. The average molecular weight is 339 g/mol. The molecule has 1 aromatic heterocycles. The summed E-state index contributed by atoms with van der Waals surface area (Å²) in [5.74, 6) is 0.131.